The molecule has 0 fully saturated rings. The first-order valence-electron chi connectivity index (χ1n) is 4.36. The lowest BCUT2D eigenvalue weighted by atomic mass is 10.2. The van der Waals surface area contributed by atoms with Crippen molar-refractivity contribution in [2.75, 3.05) is 12.4 Å². The molecule has 0 aliphatic heterocycles. The number of hydrogen-bond acceptors (Lipinski definition) is 3. The standard InChI is InChI=1S/C10H12FNO3/c1-6(15-2)10(14)12-9-4-3-7(13)5-8(9)11/h3-6,13H,1-2H3,(H,12,14). The minimum Gasteiger partial charge on any atom is -0.508 e. The summed E-state index contributed by atoms with van der Waals surface area (Å²) in [7, 11) is 1.39. The predicted octanol–water partition coefficient (Wildman–Crippen LogP) is 1.50. The van der Waals surface area contributed by atoms with Crippen LogP contribution in [-0.4, -0.2) is 24.2 Å². The molecule has 1 amide bonds. The Labute approximate surface area is 86.7 Å². The molecule has 82 valence electrons. The third kappa shape index (κ3) is 2.92. The molecule has 0 saturated heterocycles. The molecule has 5 heteroatoms. The summed E-state index contributed by atoms with van der Waals surface area (Å²) in [6, 6.07) is 3.49. The number of carbonyl (C=O) groups excluding carboxylic acids is 1. The number of amides is 1. The van der Waals surface area contributed by atoms with E-state index in [1.54, 1.807) is 6.92 Å². The third-order valence-electron chi connectivity index (χ3n) is 1.93. The highest BCUT2D eigenvalue weighted by Gasteiger charge is 2.13. The number of aromatic hydroxyl groups is 1. The fraction of sp³-hybridized carbons (Fsp3) is 0.300. The Morgan fingerprint density at radius 2 is 2.27 bits per heavy atom. The molecule has 0 radical (unpaired) electrons. The summed E-state index contributed by atoms with van der Waals surface area (Å²) in [6.45, 7) is 1.55. The molecule has 1 atom stereocenters. The lowest BCUT2D eigenvalue weighted by molar-refractivity contribution is -0.124. The van der Waals surface area contributed by atoms with Crippen LogP contribution in [0.2, 0.25) is 0 Å². The molecule has 0 saturated carbocycles. The zero-order valence-electron chi connectivity index (χ0n) is 8.45. The van der Waals surface area contributed by atoms with Crippen LogP contribution in [0.25, 0.3) is 0 Å². The van der Waals surface area contributed by atoms with Crippen LogP contribution in [0.3, 0.4) is 0 Å². The summed E-state index contributed by atoms with van der Waals surface area (Å²) < 4.78 is 17.9. The fourth-order valence-corrected chi connectivity index (χ4v) is 0.947. The van der Waals surface area contributed by atoms with Crippen molar-refractivity contribution in [2.24, 2.45) is 0 Å². The molecule has 2 N–H and O–H groups in total. The average molecular weight is 213 g/mol. The van der Waals surface area contributed by atoms with Crippen molar-refractivity contribution in [1.82, 2.24) is 0 Å². The van der Waals surface area contributed by atoms with Crippen molar-refractivity contribution < 1.29 is 19.0 Å². The summed E-state index contributed by atoms with van der Waals surface area (Å²) in [5.74, 6) is -1.32. The maximum absolute atomic E-state index is 13.2. The van der Waals surface area contributed by atoms with Crippen molar-refractivity contribution in [1.29, 1.82) is 0 Å². The van der Waals surface area contributed by atoms with Gasteiger partial charge in [-0.1, -0.05) is 0 Å². The Kier molecular flexibility index (Phi) is 3.62. The fourth-order valence-electron chi connectivity index (χ4n) is 0.947. The van der Waals surface area contributed by atoms with Crippen LogP contribution in [0.15, 0.2) is 18.2 Å². The maximum Gasteiger partial charge on any atom is 0.253 e. The molecule has 0 aromatic heterocycles. The first-order valence-corrected chi connectivity index (χ1v) is 4.36. The molecule has 0 heterocycles. The van der Waals surface area contributed by atoms with E-state index in [-0.39, 0.29) is 11.4 Å². The summed E-state index contributed by atoms with van der Waals surface area (Å²) in [5.41, 5.74) is 0.0155. The van der Waals surface area contributed by atoms with Crippen LogP contribution in [-0.2, 0) is 9.53 Å². The number of nitrogens with one attached hydrogen (secondary N) is 1. The van der Waals surface area contributed by atoms with Gasteiger partial charge in [-0.05, 0) is 19.1 Å². The summed E-state index contributed by atoms with van der Waals surface area (Å²) in [6.07, 6.45) is -0.654. The Bertz CT molecular complexity index is 368. The van der Waals surface area contributed by atoms with Gasteiger partial charge in [0.15, 0.2) is 0 Å². The first kappa shape index (κ1) is 11.5. The molecular weight excluding hydrogens is 201 g/mol. The number of ether oxygens (including phenoxy) is 1. The molecule has 1 unspecified atom stereocenters. The van der Waals surface area contributed by atoms with Crippen LogP contribution in [0.5, 0.6) is 5.75 Å². The van der Waals surface area contributed by atoms with Gasteiger partial charge in [0.25, 0.3) is 5.91 Å². The molecule has 4 nitrogen and oxygen atoms in total. The average Bonchev–Trinajstić information content (AvgIpc) is 2.20. The van der Waals surface area contributed by atoms with E-state index in [2.05, 4.69) is 5.32 Å². The number of methoxy groups -OCH3 is 1. The molecule has 1 aromatic rings. The number of phenols is 1. The maximum atomic E-state index is 13.2. The first-order chi connectivity index (χ1) is 7.04. The Morgan fingerprint density at radius 1 is 1.60 bits per heavy atom. The molecule has 0 bridgehead atoms. The quantitative estimate of drug-likeness (QED) is 0.748. The molecule has 0 spiro atoms. The van der Waals surface area contributed by atoms with Gasteiger partial charge in [-0.3, -0.25) is 4.79 Å². The monoisotopic (exact) mass is 213 g/mol. The number of hydrogen-bond donors (Lipinski definition) is 2. The van der Waals surface area contributed by atoms with Crippen LogP contribution in [0.1, 0.15) is 6.92 Å². The van der Waals surface area contributed by atoms with E-state index in [1.165, 1.54) is 19.2 Å². The van der Waals surface area contributed by atoms with Gasteiger partial charge in [0.1, 0.15) is 17.7 Å². The van der Waals surface area contributed by atoms with Crippen molar-refractivity contribution in [3.63, 3.8) is 0 Å². The Morgan fingerprint density at radius 3 is 2.80 bits per heavy atom. The minimum absolute atomic E-state index is 0.0155. The van der Waals surface area contributed by atoms with Gasteiger partial charge in [-0.2, -0.15) is 0 Å². The van der Waals surface area contributed by atoms with E-state index in [1.807, 2.05) is 0 Å². The van der Waals surface area contributed by atoms with Crippen molar-refractivity contribution in [3.8, 4) is 5.75 Å². The second-order valence-corrected chi connectivity index (χ2v) is 3.03. The van der Waals surface area contributed by atoms with E-state index in [9.17, 15) is 9.18 Å². The molecule has 15 heavy (non-hydrogen) atoms. The molecule has 0 aliphatic carbocycles. The number of carbonyl (C=O) groups is 1. The van der Waals surface area contributed by atoms with Crippen LogP contribution >= 0.6 is 0 Å². The minimum atomic E-state index is -0.688. The molecule has 1 aromatic carbocycles. The highest BCUT2D eigenvalue weighted by Crippen LogP contribution is 2.19. The van der Waals surface area contributed by atoms with Crippen molar-refractivity contribution in [2.45, 2.75) is 13.0 Å². The van der Waals surface area contributed by atoms with Crippen LogP contribution in [0.4, 0.5) is 10.1 Å². The Balaban J connectivity index is 2.77. The van der Waals surface area contributed by atoms with E-state index in [0.717, 1.165) is 6.07 Å². The lowest BCUT2D eigenvalue weighted by Gasteiger charge is -2.10. The summed E-state index contributed by atoms with van der Waals surface area (Å²) in [4.78, 5) is 11.3. The smallest absolute Gasteiger partial charge is 0.253 e. The van der Waals surface area contributed by atoms with E-state index in [0.29, 0.717) is 0 Å². The molecule has 1 rings (SSSR count). The highest BCUT2D eigenvalue weighted by atomic mass is 19.1. The molecular formula is C10H12FNO3. The second kappa shape index (κ2) is 4.75. The zero-order chi connectivity index (χ0) is 11.4. The highest BCUT2D eigenvalue weighted by molar-refractivity contribution is 5.94. The van der Waals surface area contributed by atoms with Gasteiger partial charge in [0.05, 0.1) is 5.69 Å². The predicted molar refractivity (Wildman–Crippen MR) is 53.2 cm³/mol. The number of benzene rings is 1. The van der Waals surface area contributed by atoms with Crippen LogP contribution in [0, 0.1) is 5.82 Å². The molecule has 0 aliphatic rings. The van der Waals surface area contributed by atoms with E-state index >= 15 is 0 Å². The van der Waals surface area contributed by atoms with Gasteiger partial charge in [-0.15, -0.1) is 0 Å². The third-order valence-corrected chi connectivity index (χ3v) is 1.93. The van der Waals surface area contributed by atoms with E-state index in [4.69, 9.17) is 9.84 Å². The SMILES string of the molecule is COC(C)C(=O)Nc1ccc(O)cc1F. The van der Waals surface area contributed by atoms with Crippen molar-refractivity contribution in [3.05, 3.63) is 24.0 Å². The summed E-state index contributed by atoms with van der Waals surface area (Å²) >= 11 is 0. The Hall–Kier alpha value is -1.62. The van der Waals surface area contributed by atoms with Gasteiger partial charge in [0.2, 0.25) is 0 Å². The largest absolute Gasteiger partial charge is 0.508 e. The van der Waals surface area contributed by atoms with Gasteiger partial charge in [-0.25, -0.2) is 4.39 Å². The number of phenolic OH excluding ortho intramolecular Hbond substituents is 1. The van der Waals surface area contributed by atoms with E-state index < -0.39 is 17.8 Å². The lowest BCUT2D eigenvalue weighted by Crippen LogP contribution is -2.26. The van der Waals surface area contributed by atoms with Gasteiger partial charge in [0, 0.05) is 13.2 Å². The number of halogens is 1. The zero-order valence-corrected chi connectivity index (χ0v) is 8.45. The topological polar surface area (TPSA) is 58.6 Å². The number of rotatable bonds is 3. The number of anilines is 1. The summed E-state index contributed by atoms with van der Waals surface area (Å²) in [5, 5.41) is 11.3. The van der Waals surface area contributed by atoms with Gasteiger partial charge < -0.3 is 15.2 Å². The second-order valence-electron chi connectivity index (χ2n) is 3.03. The van der Waals surface area contributed by atoms with Crippen molar-refractivity contribution >= 4 is 11.6 Å². The normalized spacial score (nSPS) is 12.2. The van der Waals surface area contributed by atoms with Crippen LogP contribution < -0.4 is 5.32 Å². The van der Waals surface area contributed by atoms with Gasteiger partial charge >= 0.3 is 0 Å².